The second kappa shape index (κ2) is 7.42. The highest BCUT2D eigenvalue weighted by Crippen LogP contribution is 2.13. The molecular weight excluding hydrogens is 316 g/mol. The van der Waals surface area contributed by atoms with Crippen molar-refractivity contribution in [3.63, 3.8) is 0 Å². The third-order valence-corrected chi connectivity index (χ3v) is 4.33. The molecule has 1 aliphatic rings. The lowest BCUT2D eigenvalue weighted by molar-refractivity contribution is -0.130. The van der Waals surface area contributed by atoms with Crippen molar-refractivity contribution in [1.82, 2.24) is 19.8 Å². The first-order valence-corrected chi connectivity index (χ1v) is 8.44. The summed E-state index contributed by atoms with van der Waals surface area (Å²) in [5.74, 6) is -0.0931. The highest BCUT2D eigenvalue weighted by Gasteiger charge is 2.25. The molecule has 0 saturated carbocycles. The first-order valence-electron chi connectivity index (χ1n) is 8.44. The molecule has 0 N–H and O–H groups in total. The van der Waals surface area contributed by atoms with Gasteiger partial charge < -0.3 is 9.80 Å². The van der Waals surface area contributed by atoms with Crippen LogP contribution in [0.3, 0.4) is 0 Å². The van der Waals surface area contributed by atoms with E-state index < -0.39 is 0 Å². The molecule has 0 aliphatic carbocycles. The second-order valence-corrected chi connectivity index (χ2v) is 6.39. The van der Waals surface area contributed by atoms with Gasteiger partial charge in [0.25, 0.3) is 5.91 Å². The van der Waals surface area contributed by atoms with Gasteiger partial charge in [-0.3, -0.25) is 14.6 Å². The molecule has 6 heteroatoms. The predicted molar refractivity (Wildman–Crippen MR) is 93.9 cm³/mol. The van der Waals surface area contributed by atoms with Gasteiger partial charge in [0.1, 0.15) is 5.69 Å². The Morgan fingerprint density at radius 3 is 2.68 bits per heavy atom. The largest absolute Gasteiger partial charge is 0.337 e. The lowest BCUT2D eigenvalue weighted by Gasteiger charge is -2.22. The summed E-state index contributed by atoms with van der Waals surface area (Å²) in [5.41, 5.74) is 3.38. The van der Waals surface area contributed by atoms with E-state index in [2.05, 4.69) is 16.0 Å². The molecular formula is C19H22N4O2. The number of benzene rings is 1. The van der Waals surface area contributed by atoms with Crippen molar-refractivity contribution in [3.8, 4) is 0 Å². The normalized spacial score (nSPS) is 15.2. The Morgan fingerprint density at radius 2 is 1.96 bits per heavy atom. The van der Waals surface area contributed by atoms with E-state index in [9.17, 15) is 9.59 Å². The number of rotatable bonds is 3. The van der Waals surface area contributed by atoms with Crippen LogP contribution in [-0.2, 0) is 11.3 Å². The molecule has 1 aliphatic heterocycles. The Balaban J connectivity index is 1.67. The molecule has 1 aromatic carbocycles. The van der Waals surface area contributed by atoms with Crippen molar-refractivity contribution in [1.29, 1.82) is 0 Å². The number of nitrogens with zero attached hydrogens (tertiary/aromatic N) is 4. The van der Waals surface area contributed by atoms with Crippen molar-refractivity contribution in [2.45, 2.75) is 26.8 Å². The summed E-state index contributed by atoms with van der Waals surface area (Å²) < 4.78 is 0. The Hall–Kier alpha value is -2.76. The van der Waals surface area contributed by atoms with Gasteiger partial charge in [-0.15, -0.1) is 0 Å². The van der Waals surface area contributed by atoms with E-state index in [0.717, 1.165) is 11.3 Å². The molecule has 1 saturated heterocycles. The van der Waals surface area contributed by atoms with Gasteiger partial charge in [-0.25, -0.2) is 4.98 Å². The van der Waals surface area contributed by atoms with Gasteiger partial charge in [0, 0.05) is 38.8 Å². The number of amides is 2. The second-order valence-electron chi connectivity index (χ2n) is 6.39. The van der Waals surface area contributed by atoms with E-state index in [1.54, 1.807) is 11.1 Å². The van der Waals surface area contributed by atoms with Gasteiger partial charge in [-0.1, -0.05) is 29.8 Å². The lowest BCUT2D eigenvalue weighted by Crippen LogP contribution is -2.36. The fourth-order valence-electron chi connectivity index (χ4n) is 2.93. The standard InChI is InChI=1S/C19H22N4O2/c1-14-4-3-5-16(10-14)13-23-9-8-22(7-6-18(23)24)19(25)17-12-20-15(2)11-21-17/h3-5,10-12H,6-9,13H2,1-2H3. The van der Waals surface area contributed by atoms with Crippen LogP contribution in [0.4, 0.5) is 0 Å². The van der Waals surface area contributed by atoms with Crippen LogP contribution in [0.5, 0.6) is 0 Å². The topological polar surface area (TPSA) is 66.4 Å². The Kier molecular flexibility index (Phi) is 5.07. The van der Waals surface area contributed by atoms with Crippen molar-refractivity contribution >= 4 is 11.8 Å². The molecule has 1 fully saturated rings. The van der Waals surface area contributed by atoms with E-state index in [0.29, 0.717) is 38.3 Å². The quantitative estimate of drug-likeness (QED) is 0.858. The maximum Gasteiger partial charge on any atom is 0.274 e. The van der Waals surface area contributed by atoms with E-state index in [4.69, 9.17) is 0 Å². The fourth-order valence-corrected chi connectivity index (χ4v) is 2.93. The average Bonchev–Trinajstić information content (AvgIpc) is 2.77. The summed E-state index contributed by atoms with van der Waals surface area (Å²) in [6, 6.07) is 8.15. The third kappa shape index (κ3) is 4.21. The minimum absolute atomic E-state index is 0.0757. The SMILES string of the molecule is Cc1cccc(CN2CCN(C(=O)c3cnc(C)cn3)CCC2=O)c1. The summed E-state index contributed by atoms with van der Waals surface area (Å²) in [4.78, 5) is 36.8. The number of hydrogen-bond donors (Lipinski definition) is 0. The molecule has 25 heavy (non-hydrogen) atoms. The monoisotopic (exact) mass is 338 g/mol. The van der Waals surface area contributed by atoms with E-state index >= 15 is 0 Å². The molecule has 2 heterocycles. The fraction of sp³-hybridized carbons (Fsp3) is 0.368. The number of hydrogen-bond acceptors (Lipinski definition) is 4. The first-order chi connectivity index (χ1) is 12.0. The average molecular weight is 338 g/mol. The Bertz CT molecular complexity index is 773. The first kappa shape index (κ1) is 17.1. The van der Waals surface area contributed by atoms with Crippen molar-refractivity contribution in [3.05, 3.63) is 59.2 Å². The highest BCUT2D eigenvalue weighted by molar-refractivity contribution is 5.92. The van der Waals surface area contributed by atoms with Crippen LogP contribution < -0.4 is 0 Å². The lowest BCUT2D eigenvalue weighted by atomic mass is 10.1. The summed E-state index contributed by atoms with van der Waals surface area (Å²) in [5, 5.41) is 0. The minimum Gasteiger partial charge on any atom is -0.337 e. The van der Waals surface area contributed by atoms with Gasteiger partial charge in [0.05, 0.1) is 11.9 Å². The molecule has 130 valence electrons. The van der Waals surface area contributed by atoms with Crippen LogP contribution in [0.15, 0.2) is 36.7 Å². The van der Waals surface area contributed by atoms with Crippen LogP contribution in [-0.4, -0.2) is 51.2 Å². The third-order valence-electron chi connectivity index (χ3n) is 4.33. The van der Waals surface area contributed by atoms with Gasteiger partial charge in [0.2, 0.25) is 5.91 Å². The molecule has 0 radical (unpaired) electrons. The van der Waals surface area contributed by atoms with Crippen LogP contribution in [0.25, 0.3) is 0 Å². The van der Waals surface area contributed by atoms with Crippen LogP contribution in [0.2, 0.25) is 0 Å². The number of aryl methyl sites for hydroxylation is 2. The smallest absolute Gasteiger partial charge is 0.274 e. The molecule has 0 spiro atoms. The molecule has 2 amide bonds. The zero-order valence-electron chi connectivity index (χ0n) is 14.6. The Morgan fingerprint density at radius 1 is 1.12 bits per heavy atom. The summed E-state index contributed by atoms with van der Waals surface area (Å²) >= 11 is 0. The predicted octanol–water partition coefficient (Wildman–Crippen LogP) is 1.97. The molecule has 0 atom stereocenters. The maximum absolute atomic E-state index is 12.6. The van der Waals surface area contributed by atoms with Crippen molar-refractivity contribution in [2.24, 2.45) is 0 Å². The number of carbonyl (C=O) groups excluding carboxylic acids is 2. The van der Waals surface area contributed by atoms with Crippen LogP contribution >= 0.6 is 0 Å². The van der Waals surface area contributed by atoms with E-state index in [1.807, 2.05) is 36.9 Å². The summed E-state index contributed by atoms with van der Waals surface area (Å²) in [6.07, 6.45) is 3.41. The molecule has 0 bridgehead atoms. The molecule has 0 unspecified atom stereocenters. The van der Waals surface area contributed by atoms with Gasteiger partial charge in [0.15, 0.2) is 0 Å². The highest BCUT2D eigenvalue weighted by atomic mass is 16.2. The van der Waals surface area contributed by atoms with Gasteiger partial charge >= 0.3 is 0 Å². The van der Waals surface area contributed by atoms with Crippen molar-refractivity contribution < 1.29 is 9.59 Å². The number of carbonyl (C=O) groups is 2. The maximum atomic E-state index is 12.6. The zero-order valence-corrected chi connectivity index (χ0v) is 14.6. The van der Waals surface area contributed by atoms with E-state index in [1.165, 1.54) is 11.8 Å². The number of aromatic nitrogens is 2. The Labute approximate surface area is 147 Å². The van der Waals surface area contributed by atoms with Gasteiger partial charge in [-0.2, -0.15) is 0 Å². The van der Waals surface area contributed by atoms with Crippen molar-refractivity contribution in [2.75, 3.05) is 19.6 Å². The van der Waals surface area contributed by atoms with Gasteiger partial charge in [-0.05, 0) is 19.4 Å². The molecule has 3 rings (SSSR count). The summed E-state index contributed by atoms with van der Waals surface area (Å²) in [7, 11) is 0. The zero-order chi connectivity index (χ0) is 17.8. The van der Waals surface area contributed by atoms with E-state index in [-0.39, 0.29) is 11.8 Å². The minimum atomic E-state index is -0.169. The van der Waals surface area contributed by atoms with Crippen LogP contribution in [0.1, 0.15) is 33.7 Å². The molecule has 2 aromatic rings. The molecule has 6 nitrogen and oxygen atoms in total. The molecule has 1 aromatic heterocycles. The van der Waals surface area contributed by atoms with Crippen LogP contribution in [0, 0.1) is 13.8 Å². The summed E-state index contributed by atoms with van der Waals surface area (Å²) in [6.45, 7) is 5.89.